The average molecular weight is 573 g/mol. The van der Waals surface area contributed by atoms with Crippen LogP contribution in [0.1, 0.15) is 49.3 Å². The van der Waals surface area contributed by atoms with Gasteiger partial charge in [0.25, 0.3) is 23.6 Å². The number of ketones is 1. The first-order chi connectivity index (χ1) is 21.4. The third-order valence-corrected chi connectivity index (χ3v) is 8.30. The first-order valence-electron chi connectivity index (χ1n) is 14.0. The van der Waals surface area contributed by atoms with Crippen molar-refractivity contribution in [2.75, 3.05) is 9.80 Å². The van der Waals surface area contributed by atoms with Crippen LogP contribution in [0.15, 0.2) is 109 Å². The molecule has 0 bridgehead atoms. The van der Waals surface area contributed by atoms with Crippen LogP contribution in [0.5, 0.6) is 0 Å². The third kappa shape index (κ3) is 3.87. The van der Waals surface area contributed by atoms with Crippen molar-refractivity contribution in [3.63, 3.8) is 0 Å². The van der Waals surface area contributed by atoms with Gasteiger partial charge in [0.05, 0.1) is 11.4 Å². The summed E-state index contributed by atoms with van der Waals surface area (Å²) in [6.07, 6.45) is 9.11. The summed E-state index contributed by atoms with van der Waals surface area (Å²) in [6, 6.07) is 25.9. The summed E-state index contributed by atoms with van der Waals surface area (Å²) in [4.78, 5) is 63.5. The van der Waals surface area contributed by atoms with Gasteiger partial charge in [-0.3, -0.25) is 24.0 Å². The molecule has 44 heavy (non-hydrogen) atoms. The van der Waals surface area contributed by atoms with E-state index in [0.29, 0.717) is 22.5 Å². The molecule has 0 spiro atoms. The molecule has 7 nitrogen and oxygen atoms in total. The predicted molar refractivity (Wildman–Crippen MR) is 166 cm³/mol. The van der Waals surface area contributed by atoms with Gasteiger partial charge in [-0.2, -0.15) is 0 Å². The van der Waals surface area contributed by atoms with Crippen LogP contribution in [-0.2, 0) is 19.2 Å². The number of hydrogen-bond acceptors (Lipinski definition) is 5. The summed E-state index contributed by atoms with van der Waals surface area (Å²) in [6.45, 7) is 0. The molecule has 0 unspecified atom stereocenters. The van der Waals surface area contributed by atoms with E-state index in [9.17, 15) is 24.0 Å². The van der Waals surface area contributed by atoms with Gasteiger partial charge in [-0.1, -0.05) is 48.5 Å². The van der Waals surface area contributed by atoms with Gasteiger partial charge in [0, 0.05) is 35.4 Å². The maximum absolute atomic E-state index is 13.4. The Morgan fingerprint density at radius 3 is 1.16 bits per heavy atom. The van der Waals surface area contributed by atoms with Gasteiger partial charge in [0.1, 0.15) is 0 Å². The fraction of sp³-hybridized carbons (Fsp3) is 0. The van der Waals surface area contributed by atoms with Crippen LogP contribution in [0.25, 0.3) is 23.3 Å². The van der Waals surface area contributed by atoms with Crippen molar-refractivity contribution >= 4 is 64.1 Å². The molecule has 0 N–H and O–H groups in total. The number of fused-ring (bicyclic) bond motifs is 2. The Labute approximate surface area is 251 Å². The van der Waals surface area contributed by atoms with Crippen molar-refractivity contribution in [3.8, 4) is 0 Å². The second-order valence-electron chi connectivity index (χ2n) is 10.8. The number of anilines is 2. The predicted octanol–water partition coefficient (Wildman–Crippen LogP) is 5.58. The molecule has 4 aromatic carbocycles. The Morgan fingerprint density at radius 2 is 0.818 bits per heavy atom. The molecule has 4 amide bonds. The molecule has 2 aliphatic carbocycles. The molecule has 0 atom stereocenters. The Bertz CT molecular complexity index is 1960. The van der Waals surface area contributed by atoms with Gasteiger partial charge in [0.15, 0.2) is 5.78 Å². The maximum atomic E-state index is 13.4. The topological polar surface area (TPSA) is 91.8 Å². The van der Waals surface area contributed by atoms with E-state index < -0.39 is 0 Å². The molecule has 4 aliphatic rings. The van der Waals surface area contributed by atoms with Crippen LogP contribution in [0.3, 0.4) is 0 Å². The monoisotopic (exact) mass is 572 g/mol. The molecule has 0 saturated carbocycles. The number of carbonyl (C=O) groups is 5. The number of carbonyl (C=O) groups excluding carboxylic acids is 5. The molecule has 0 fully saturated rings. The van der Waals surface area contributed by atoms with Gasteiger partial charge in [-0.05, 0) is 93.1 Å². The van der Waals surface area contributed by atoms with E-state index >= 15 is 0 Å². The van der Waals surface area contributed by atoms with Gasteiger partial charge in [-0.15, -0.1) is 0 Å². The van der Waals surface area contributed by atoms with Crippen molar-refractivity contribution in [1.29, 1.82) is 0 Å². The number of imide groups is 2. The summed E-state index contributed by atoms with van der Waals surface area (Å²) in [7, 11) is 0. The van der Waals surface area contributed by atoms with Crippen LogP contribution in [0.2, 0.25) is 0 Å². The van der Waals surface area contributed by atoms with E-state index in [2.05, 4.69) is 0 Å². The molecular formula is C37H20N2O5. The van der Waals surface area contributed by atoms with E-state index in [4.69, 9.17) is 0 Å². The van der Waals surface area contributed by atoms with E-state index in [1.54, 1.807) is 24.3 Å². The van der Waals surface area contributed by atoms with Crippen LogP contribution in [0.4, 0.5) is 11.4 Å². The first-order valence-corrected chi connectivity index (χ1v) is 14.0. The van der Waals surface area contributed by atoms with Gasteiger partial charge >= 0.3 is 0 Å². The molecule has 208 valence electrons. The number of benzene rings is 4. The normalized spacial score (nSPS) is 16.0. The lowest BCUT2D eigenvalue weighted by Crippen LogP contribution is -2.29. The van der Waals surface area contributed by atoms with E-state index in [0.717, 1.165) is 54.3 Å². The highest BCUT2D eigenvalue weighted by Crippen LogP contribution is 2.41. The molecule has 0 radical (unpaired) electrons. The highest BCUT2D eigenvalue weighted by atomic mass is 16.2. The summed E-state index contributed by atoms with van der Waals surface area (Å²) >= 11 is 0. The summed E-state index contributed by atoms with van der Waals surface area (Å²) in [5.41, 5.74) is 10.3. The average Bonchev–Trinajstić information content (AvgIpc) is 3.53. The molecule has 8 rings (SSSR count). The van der Waals surface area contributed by atoms with Gasteiger partial charge in [0.2, 0.25) is 0 Å². The highest BCUT2D eigenvalue weighted by molar-refractivity contribution is 6.29. The van der Waals surface area contributed by atoms with Crippen molar-refractivity contribution < 1.29 is 24.0 Å². The maximum Gasteiger partial charge on any atom is 0.258 e. The molecule has 2 heterocycles. The zero-order valence-electron chi connectivity index (χ0n) is 23.0. The second-order valence-corrected chi connectivity index (χ2v) is 10.8. The van der Waals surface area contributed by atoms with Crippen molar-refractivity contribution in [2.45, 2.75) is 0 Å². The molecule has 7 heteroatoms. The van der Waals surface area contributed by atoms with Crippen molar-refractivity contribution in [3.05, 3.63) is 154 Å². The lowest BCUT2D eigenvalue weighted by molar-refractivity contribution is -0.121. The Balaban J connectivity index is 0.963. The summed E-state index contributed by atoms with van der Waals surface area (Å²) in [5.74, 6) is -1.46. The fourth-order valence-corrected chi connectivity index (χ4v) is 5.98. The number of rotatable bonds is 6. The van der Waals surface area contributed by atoms with Crippen LogP contribution >= 0.6 is 0 Å². The molecule has 0 saturated heterocycles. The summed E-state index contributed by atoms with van der Waals surface area (Å²) in [5, 5.41) is 0. The van der Waals surface area contributed by atoms with Crippen molar-refractivity contribution in [1.82, 2.24) is 0 Å². The Hall–Kier alpha value is -6.21. The quantitative estimate of drug-likeness (QED) is 0.192. The molecule has 0 aromatic heterocycles. The zero-order valence-corrected chi connectivity index (χ0v) is 23.0. The minimum atomic E-state index is -0.350. The third-order valence-electron chi connectivity index (χ3n) is 8.30. The summed E-state index contributed by atoms with van der Waals surface area (Å²) < 4.78 is 0. The van der Waals surface area contributed by atoms with Crippen molar-refractivity contribution in [2.24, 2.45) is 0 Å². The van der Waals surface area contributed by atoms with Gasteiger partial charge < -0.3 is 0 Å². The second kappa shape index (κ2) is 9.40. The highest BCUT2D eigenvalue weighted by Gasteiger charge is 2.27. The van der Waals surface area contributed by atoms with E-state index in [1.807, 2.05) is 72.8 Å². The van der Waals surface area contributed by atoms with Crippen LogP contribution in [0, 0.1) is 0 Å². The largest absolute Gasteiger partial charge is 0.289 e. The lowest BCUT2D eigenvalue weighted by Gasteiger charge is -2.23. The SMILES string of the molecule is O=C(c1ccc2c(c1)C=C2c1ccc(N2C(=O)C=CC2=O)cc1)c1ccc2c(c1)C=C2c1ccc(N2C(=O)C=CC2=O)cc1. The fourth-order valence-electron chi connectivity index (χ4n) is 5.98. The van der Waals surface area contributed by atoms with Crippen LogP contribution in [-0.4, -0.2) is 29.4 Å². The standard InChI is InChI=1S/C37H20N2O5/c40-33-13-14-34(41)38(33)27-7-1-21(2-8-27)31-19-25-17-23(5-11-29(25)31)37(44)24-6-12-30-26(18-24)20-32(30)22-3-9-28(10-4-22)39-35(42)15-16-36(39)43/h1-20H. The zero-order chi connectivity index (χ0) is 30.1. The molecule has 4 aromatic rings. The minimum Gasteiger partial charge on any atom is -0.289 e. The van der Waals surface area contributed by atoms with Crippen LogP contribution < -0.4 is 9.80 Å². The number of hydrogen-bond donors (Lipinski definition) is 0. The smallest absolute Gasteiger partial charge is 0.258 e. The Morgan fingerprint density at radius 1 is 0.455 bits per heavy atom. The lowest BCUT2D eigenvalue weighted by atomic mass is 9.81. The number of nitrogens with zero attached hydrogens (tertiary/aromatic N) is 2. The van der Waals surface area contributed by atoms with E-state index in [-0.39, 0.29) is 29.4 Å². The van der Waals surface area contributed by atoms with E-state index in [1.165, 1.54) is 24.3 Å². The van der Waals surface area contributed by atoms with Gasteiger partial charge in [-0.25, -0.2) is 9.80 Å². The minimum absolute atomic E-state index is 0.0601. The first kappa shape index (κ1) is 25.5. The number of amides is 4. The molecule has 2 aliphatic heterocycles. The Kier molecular flexibility index (Phi) is 5.45. The molecular weight excluding hydrogens is 552 g/mol.